The van der Waals surface area contributed by atoms with Crippen molar-refractivity contribution in [3.05, 3.63) is 30.2 Å². The van der Waals surface area contributed by atoms with Crippen LogP contribution in [-0.4, -0.2) is 28.1 Å². The van der Waals surface area contributed by atoms with E-state index in [1.54, 1.807) is 18.4 Å². The molecule has 2 rings (SSSR count). The Bertz CT molecular complexity index is 625. The monoisotopic (exact) mass is 317 g/mol. The van der Waals surface area contributed by atoms with Crippen molar-refractivity contribution in [2.45, 2.75) is 6.18 Å². The largest absolute Gasteiger partial charge is 0.471 e. The van der Waals surface area contributed by atoms with Crippen LogP contribution in [0, 0.1) is 0 Å². The fourth-order valence-electron chi connectivity index (χ4n) is 1.49. The zero-order chi connectivity index (χ0) is 15.5. The first-order chi connectivity index (χ1) is 9.90. The molecule has 5 nitrogen and oxygen atoms in total. The number of nitrogens with one attached hydrogen (secondary N) is 1. The number of benzene rings is 1. The van der Waals surface area contributed by atoms with Crippen LogP contribution in [0.4, 0.5) is 18.9 Å². The molecule has 1 N–H and O–H groups in total. The van der Waals surface area contributed by atoms with E-state index >= 15 is 0 Å². The quantitative estimate of drug-likeness (QED) is 0.938. The molecule has 112 valence electrons. The summed E-state index contributed by atoms with van der Waals surface area (Å²) in [4.78, 5) is 14.7. The van der Waals surface area contributed by atoms with Gasteiger partial charge in [-0.05, 0) is 30.5 Å². The van der Waals surface area contributed by atoms with Crippen LogP contribution in [0.2, 0.25) is 0 Å². The smallest absolute Gasteiger partial charge is 0.329 e. The van der Waals surface area contributed by atoms with Gasteiger partial charge in [0.2, 0.25) is 11.7 Å². The normalized spacial score (nSPS) is 11.4. The Labute approximate surface area is 121 Å². The molecule has 0 saturated carbocycles. The number of amides is 1. The molecule has 0 saturated heterocycles. The Kier molecular flexibility index (Phi) is 4.51. The number of hydrogen-bond acceptors (Lipinski definition) is 5. The van der Waals surface area contributed by atoms with Gasteiger partial charge < -0.3 is 9.84 Å². The molecule has 1 aromatic heterocycles. The Morgan fingerprint density at radius 2 is 2.00 bits per heavy atom. The summed E-state index contributed by atoms with van der Waals surface area (Å²) in [6.07, 6.45) is -2.87. The van der Waals surface area contributed by atoms with Crippen LogP contribution in [0.1, 0.15) is 5.89 Å². The highest BCUT2D eigenvalue weighted by Gasteiger charge is 2.38. The van der Waals surface area contributed by atoms with Crippen LogP contribution < -0.4 is 5.32 Å². The van der Waals surface area contributed by atoms with E-state index < -0.39 is 12.1 Å². The van der Waals surface area contributed by atoms with Gasteiger partial charge in [-0.25, -0.2) is 0 Å². The van der Waals surface area contributed by atoms with Gasteiger partial charge in [0.1, 0.15) is 0 Å². The number of anilines is 1. The van der Waals surface area contributed by atoms with Gasteiger partial charge in [0.25, 0.3) is 0 Å². The molecule has 0 aliphatic rings. The van der Waals surface area contributed by atoms with E-state index in [-0.39, 0.29) is 11.7 Å². The number of aromatic nitrogens is 2. The molecule has 2 aromatic rings. The number of carbonyl (C=O) groups excluding carboxylic acids is 1. The molecule has 0 unspecified atom stereocenters. The number of hydrogen-bond donors (Lipinski definition) is 1. The first kappa shape index (κ1) is 15.4. The molecule has 0 aliphatic heterocycles. The third kappa shape index (κ3) is 3.97. The zero-order valence-electron chi connectivity index (χ0n) is 10.8. The SMILES string of the molecule is CSCC(=O)Nc1ccc(-c2noc(C(F)(F)F)n2)cc1. The number of nitrogens with zero attached hydrogens (tertiary/aromatic N) is 2. The summed E-state index contributed by atoms with van der Waals surface area (Å²) < 4.78 is 41.2. The predicted octanol–water partition coefficient (Wildman–Crippen LogP) is 3.06. The molecule has 0 fully saturated rings. The topological polar surface area (TPSA) is 68.0 Å². The van der Waals surface area contributed by atoms with E-state index in [4.69, 9.17) is 0 Å². The number of alkyl halides is 3. The Hall–Kier alpha value is -2.03. The third-order valence-electron chi connectivity index (χ3n) is 2.37. The summed E-state index contributed by atoms with van der Waals surface area (Å²) in [5, 5.41) is 5.92. The van der Waals surface area contributed by atoms with Gasteiger partial charge in [-0.2, -0.15) is 29.9 Å². The van der Waals surface area contributed by atoms with Gasteiger partial charge in [-0.3, -0.25) is 4.79 Å². The van der Waals surface area contributed by atoms with Gasteiger partial charge in [-0.15, -0.1) is 0 Å². The van der Waals surface area contributed by atoms with Gasteiger partial charge in [-0.1, -0.05) is 5.16 Å². The maximum Gasteiger partial charge on any atom is 0.471 e. The lowest BCUT2D eigenvalue weighted by molar-refractivity contribution is -0.159. The van der Waals surface area contributed by atoms with E-state index in [0.29, 0.717) is 17.0 Å². The first-order valence-corrected chi connectivity index (χ1v) is 7.09. The molecule has 9 heteroatoms. The highest BCUT2D eigenvalue weighted by molar-refractivity contribution is 7.99. The van der Waals surface area contributed by atoms with E-state index in [0.717, 1.165) is 0 Å². The molecule has 1 heterocycles. The molecular formula is C12H10F3N3O2S. The van der Waals surface area contributed by atoms with Crippen molar-refractivity contribution in [1.29, 1.82) is 0 Å². The molecule has 1 aromatic carbocycles. The lowest BCUT2D eigenvalue weighted by Crippen LogP contribution is -2.13. The van der Waals surface area contributed by atoms with Gasteiger partial charge in [0, 0.05) is 11.3 Å². The summed E-state index contributed by atoms with van der Waals surface area (Å²) in [6, 6.07) is 6.10. The third-order valence-corrected chi connectivity index (χ3v) is 2.92. The fourth-order valence-corrected chi connectivity index (χ4v) is 1.82. The average molecular weight is 317 g/mol. The average Bonchev–Trinajstić information content (AvgIpc) is 2.89. The lowest BCUT2D eigenvalue weighted by atomic mass is 10.2. The fraction of sp³-hybridized carbons (Fsp3) is 0.250. The van der Waals surface area contributed by atoms with Crippen LogP contribution in [0.5, 0.6) is 0 Å². The Morgan fingerprint density at radius 1 is 1.33 bits per heavy atom. The van der Waals surface area contributed by atoms with Crippen molar-refractivity contribution in [3.63, 3.8) is 0 Å². The second kappa shape index (κ2) is 6.17. The van der Waals surface area contributed by atoms with E-state index in [1.165, 1.54) is 23.9 Å². The van der Waals surface area contributed by atoms with Crippen LogP contribution in [0.3, 0.4) is 0 Å². The maximum absolute atomic E-state index is 12.4. The first-order valence-electron chi connectivity index (χ1n) is 5.70. The number of thioether (sulfide) groups is 1. The number of halogens is 3. The Balaban J connectivity index is 2.12. The molecule has 0 aliphatic carbocycles. The minimum Gasteiger partial charge on any atom is -0.329 e. The summed E-state index contributed by atoms with van der Waals surface area (Å²) >= 11 is 1.38. The van der Waals surface area contributed by atoms with Gasteiger partial charge in [0.15, 0.2) is 0 Å². The lowest BCUT2D eigenvalue weighted by Gasteiger charge is -2.04. The summed E-state index contributed by atoms with van der Waals surface area (Å²) in [5.41, 5.74) is 0.898. The highest BCUT2D eigenvalue weighted by atomic mass is 32.2. The van der Waals surface area contributed by atoms with Crippen molar-refractivity contribution in [1.82, 2.24) is 10.1 Å². The number of carbonyl (C=O) groups is 1. The van der Waals surface area contributed by atoms with Crippen molar-refractivity contribution in [2.75, 3.05) is 17.3 Å². The standard InChI is InChI=1S/C12H10F3N3O2S/c1-21-6-9(19)16-8-4-2-7(3-5-8)10-17-11(20-18-10)12(13,14)15/h2-5H,6H2,1H3,(H,16,19). The van der Waals surface area contributed by atoms with Crippen molar-refractivity contribution >= 4 is 23.4 Å². The van der Waals surface area contributed by atoms with E-state index in [2.05, 4.69) is 20.0 Å². The minimum atomic E-state index is -4.67. The minimum absolute atomic E-state index is 0.158. The zero-order valence-corrected chi connectivity index (χ0v) is 11.6. The highest BCUT2D eigenvalue weighted by Crippen LogP contribution is 2.29. The van der Waals surface area contributed by atoms with Gasteiger partial charge in [0.05, 0.1) is 5.75 Å². The molecule has 0 radical (unpaired) electrons. The molecule has 0 bridgehead atoms. The van der Waals surface area contributed by atoms with Crippen molar-refractivity contribution in [2.24, 2.45) is 0 Å². The molecular weight excluding hydrogens is 307 g/mol. The molecule has 0 atom stereocenters. The molecule has 0 spiro atoms. The molecule has 1 amide bonds. The van der Waals surface area contributed by atoms with Gasteiger partial charge >= 0.3 is 12.1 Å². The Morgan fingerprint density at radius 3 is 2.52 bits per heavy atom. The van der Waals surface area contributed by atoms with Crippen LogP contribution in [0.25, 0.3) is 11.4 Å². The van der Waals surface area contributed by atoms with Crippen LogP contribution in [-0.2, 0) is 11.0 Å². The molecule has 21 heavy (non-hydrogen) atoms. The van der Waals surface area contributed by atoms with Crippen molar-refractivity contribution < 1.29 is 22.5 Å². The van der Waals surface area contributed by atoms with Crippen LogP contribution >= 0.6 is 11.8 Å². The summed E-state index contributed by atoms with van der Waals surface area (Å²) in [7, 11) is 0. The predicted molar refractivity (Wildman–Crippen MR) is 71.7 cm³/mol. The maximum atomic E-state index is 12.4. The second-order valence-corrected chi connectivity index (χ2v) is 4.85. The summed E-state index contributed by atoms with van der Waals surface area (Å²) in [5.74, 6) is -1.39. The van der Waals surface area contributed by atoms with E-state index in [9.17, 15) is 18.0 Å². The number of rotatable bonds is 4. The van der Waals surface area contributed by atoms with Crippen molar-refractivity contribution in [3.8, 4) is 11.4 Å². The summed E-state index contributed by atoms with van der Waals surface area (Å²) in [6.45, 7) is 0. The second-order valence-electron chi connectivity index (χ2n) is 3.98. The van der Waals surface area contributed by atoms with Crippen LogP contribution in [0.15, 0.2) is 28.8 Å². The van der Waals surface area contributed by atoms with E-state index in [1.807, 2.05) is 0 Å².